The van der Waals surface area contributed by atoms with E-state index in [1.165, 1.54) is 30.6 Å². The molecule has 0 bridgehead atoms. The van der Waals surface area contributed by atoms with Crippen molar-refractivity contribution in [2.45, 2.75) is 31.0 Å². The standard InChI is InChI=1S/C21H22ClN3O3S2/c1-13-4-9-19(28-10-11-29-17-7-5-16(22)6-8-17)18(12-13)20-25(15(3)27)24-21(30-20)23-14(2)26/h4-9,12,20H,10-11H2,1-3H3,(H,23,24,26)/t20-/m0/s1. The fraction of sp³-hybridized carbons (Fsp3) is 0.286. The molecule has 3 rings (SSSR count). The van der Waals surface area contributed by atoms with Crippen LogP contribution in [0.5, 0.6) is 5.75 Å². The first kappa shape index (κ1) is 22.5. The van der Waals surface area contributed by atoms with E-state index in [0.29, 0.717) is 22.5 Å². The number of carbonyl (C=O) groups is 2. The molecule has 0 saturated carbocycles. The summed E-state index contributed by atoms with van der Waals surface area (Å²) >= 11 is 8.91. The average molecular weight is 464 g/mol. The summed E-state index contributed by atoms with van der Waals surface area (Å²) in [6.07, 6.45) is 0. The van der Waals surface area contributed by atoms with Crippen molar-refractivity contribution in [2.75, 3.05) is 12.4 Å². The van der Waals surface area contributed by atoms with Crippen molar-refractivity contribution >= 4 is 52.1 Å². The second-order valence-electron chi connectivity index (χ2n) is 6.61. The zero-order valence-corrected chi connectivity index (χ0v) is 19.2. The molecule has 2 aromatic rings. The Kier molecular flexibility index (Phi) is 7.69. The summed E-state index contributed by atoms with van der Waals surface area (Å²) in [5.41, 5.74) is 1.89. The van der Waals surface area contributed by atoms with Gasteiger partial charge in [-0.1, -0.05) is 35.0 Å². The molecule has 1 N–H and O–H groups in total. The van der Waals surface area contributed by atoms with Crippen molar-refractivity contribution in [3.8, 4) is 5.75 Å². The average Bonchev–Trinajstić information content (AvgIpc) is 3.10. The molecule has 0 saturated heterocycles. The molecule has 6 nitrogen and oxygen atoms in total. The van der Waals surface area contributed by atoms with Gasteiger partial charge in [-0.25, -0.2) is 5.01 Å². The number of thioether (sulfide) groups is 2. The molecule has 158 valence electrons. The summed E-state index contributed by atoms with van der Waals surface area (Å²) in [5, 5.41) is 9.01. The van der Waals surface area contributed by atoms with E-state index in [0.717, 1.165) is 21.8 Å². The summed E-state index contributed by atoms with van der Waals surface area (Å²) < 4.78 is 6.06. The predicted molar refractivity (Wildman–Crippen MR) is 123 cm³/mol. The second-order valence-corrected chi connectivity index (χ2v) is 9.29. The number of halogens is 1. The van der Waals surface area contributed by atoms with Crippen LogP contribution in [0.3, 0.4) is 0 Å². The third kappa shape index (κ3) is 5.93. The Bertz CT molecular complexity index is 966. The van der Waals surface area contributed by atoms with Gasteiger partial charge in [0.2, 0.25) is 11.8 Å². The van der Waals surface area contributed by atoms with Gasteiger partial charge in [0.15, 0.2) is 5.17 Å². The molecule has 30 heavy (non-hydrogen) atoms. The van der Waals surface area contributed by atoms with Crippen LogP contribution in [0.1, 0.15) is 30.3 Å². The number of hydrazone groups is 1. The molecule has 0 spiro atoms. The van der Waals surface area contributed by atoms with Gasteiger partial charge in [-0.2, -0.15) is 0 Å². The van der Waals surface area contributed by atoms with E-state index in [1.54, 1.807) is 11.8 Å². The van der Waals surface area contributed by atoms with Gasteiger partial charge in [-0.3, -0.25) is 9.59 Å². The van der Waals surface area contributed by atoms with Gasteiger partial charge in [-0.05, 0) is 43.3 Å². The van der Waals surface area contributed by atoms with E-state index < -0.39 is 5.37 Å². The van der Waals surface area contributed by atoms with Gasteiger partial charge in [0.05, 0.1) is 6.61 Å². The molecule has 1 atom stereocenters. The van der Waals surface area contributed by atoms with Gasteiger partial charge < -0.3 is 10.1 Å². The molecule has 0 aliphatic carbocycles. The van der Waals surface area contributed by atoms with Crippen LogP contribution in [0.2, 0.25) is 5.02 Å². The molecular formula is C21H22ClN3O3S2. The van der Waals surface area contributed by atoms with E-state index in [-0.39, 0.29) is 11.8 Å². The molecule has 2 aromatic carbocycles. The minimum absolute atomic E-state index is 0.210. The minimum Gasteiger partial charge on any atom is -0.492 e. The molecule has 1 aliphatic rings. The molecule has 2 amide bonds. The molecule has 1 heterocycles. The second kappa shape index (κ2) is 10.2. The van der Waals surface area contributed by atoms with Crippen LogP contribution < -0.4 is 10.1 Å². The SMILES string of the molecule is CC(=O)NC1=NN(C(C)=O)[C@H](c2cc(C)ccc2OCCSc2ccc(Cl)cc2)S1. The number of amidine groups is 1. The monoisotopic (exact) mass is 463 g/mol. The molecule has 0 aromatic heterocycles. The van der Waals surface area contributed by atoms with E-state index in [1.807, 2.05) is 49.4 Å². The number of ether oxygens (including phenoxy) is 1. The van der Waals surface area contributed by atoms with Gasteiger partial charge >= 0.3 is 0 Å². The Morgan fingerprint density at radius 3 is 2.63 bits per heavy atom. The third-order valence-electron chi connectivity index (χ3n) is 4.10. The normalized spacial score (nSPS) is 15.7. The van der Waals surface area contributed by atoms with E-state index >= 15 is 0 Å². The van der Waals surface area contributed by atoms with Gasteiger partial charge in [-0.15, -0.1) is 16.9 Å². The molecule has 0 unspecified atom stereocenters. The first-order chi connectivity index (χ1) is 14.3. The lowest BCUT2D eigenvalue weighted by atomic mass is 10.1. The highest BCUT2D eigenvalue weighted by atomic mass is 35.5. The lowest BCUT2D eigenvalue weighted by Gasteiger charge is -2.22. The third-order valence-corrected chi connectivity index (χ3v) is 6.42. The van der Waals surface area contributed by atoms with Crippen LogP contribution >= 0.6 is 35.1 Å². The topological polar surface area (TPSA) is 71.0 Å². The largest absolute Gasteiger partial charge is 0.492 e. The lowest BCUT2D eigenvalue weighted by Crippen LogP contribution is -2.25. The van der Waals surface area contributed by atoms with E-state index in [9.17, 15) is 9.59 Å². The van der Waals surface area contributed by atoms with Crippen molar-refractivity contribution < 1.29 is 14.3 Å². The Hall–Kier alpha value is -2.16. The number of hydrogen-bond donors (Lipinski definition) is 1. The van der Waals surface area contributed by atoms with Crippen LogP contribution in [0, 0.1) is 6.92 Å². The minimum atomic E-state index is -0.400. The van der Waals surface area contributed by atoms with Gasteiger partial charge in [0.1, 0.15) is 11.1 Å². The number of nitrogens with zero attached hydrogens (tertiary/aromatic N) is 2. The number of aryl methyl sites for hydroxylation is 1. The summed E-state index contributed by atoms with van der Waals surface area (Å²) in [5.74, 6) is 1.01. The van der Waals surface area contributed by atoms with Crippen LogP contribution in [-0.4, -0.2) is 34.4 Å². The number of benzene rings is 2. The maximum absolute atomic E-state index is 12.1. The van der Waals surface area contributed by atoms with Crippen LogP contribution in [-0.2, 0) is 9.59 Å². The maximum atomic E-state index is 12.1. The summed E-state index contributed by atoms with van der Waals surface area (Å²) in [6.45, 7) is 5.35. The Balaban J connectivity index is 1.70. The van der Waals surface area contributed by atoms with Crippen LogP contribution in [0.15, 0.2) is 52.5 Å². The zero-order valence-electron chi connectivity index (χ0n) is 16.8. The van der Waals surface area contributed by atoms with Crippen molar-refractivity contribution in [3.63, 3.8) is 0 Å². The van der Waals surface area contributed by atoms with E-state index in [4.69, 9.17) is 16.3 Å². The van der Waals surface area contributed by atoms with Gasteiger partial charge in [0, 0.05) is 35.1 Å². The van der Waals surface area contributed by atoms with Crippen molar-refractivity contribution in [2.24, 2.45) is 5.10 Å². The Morgan fingerprint density at radius 1 is 1.23 bits per heavy atom. The van der Waals surface area contributed by atoms with Crippen LogP contribution in [0.4, 0.5) is 0 Å². The van der Waals surface area contributed by atoms with Crippen molar-refractivity contribution in [1.29, 1.82) is 0 Å². The Morgan fingerprint density at radius 2 is 1.97 bits per heavy atom. The number of rotatable bonds is 6. The fourth-order valence-corrected chi connectivity index (χ4v) is 4.81. The van der Waals surface area contributed by atoms with Crippen LogP contribution in [0.25, 0.3) is 0 Å². The quantitative estimate of drug-likeness (QED) is 0.491. The highest BCUT2D eigenvalue weighted by Gasteiger charge is 2.34. The summed E-state index contributed by atoms with van der Waals surface area (Å²) in [6, 6.07) is 13.6. The predicted octanol–water partition coefficient (Wildman–Crippen LogP) is 4.82. The molecule has 0 radical (unpaired) electrons. The highest BCUT2D eigenvalue weighted by Crippen LogP contribution is 2.43. The maximum Gasteiger partial charge on any atom is 0.241 e. The number of carbonyl (C=O) groups excluding carboxylic acids is 2. The Labute approximate surface area is 189 Å². The first-order valence-electron chi connectivity index (χ1n) is 9.28. The fourth-order valence-electron chi connectivity index (χ4n) is 2.80. The number of nitrogens with one attached hydrogen (secondary N) is 1. The molecule has 0 fully saturated rings. The highest BCUT2D eigenvalue weighted by molar-refractivity contribution is 8.14. The number of amides is 2. The summed E-state index contributed by atoms with van der Waals surface area (Å²) in [7, 11) is 0. The van der Waals surface area contributed by atoms with Crippen molar-refractivity contribution in [3.05, 3.63) is 58.6 Å². The lowest BCUT2D eigenvalue weighted by molar-refractivity contribution is -0.129. The molecule has 9 heteroatoms. The first-order valence-corrected chi connectivity index (χ1v) is 11.5. The molecule has 1 aliphatic heterocycles. The van der Waals surface area contributed by atoms with Crippen molar-refractivity contribution in [1.82, 2.24) is 10.3 Å². The zero-order chi connectivity index (χ0) is 21.7. The smallest absolute Gasteiger partial charge is 0.241 e. The molecular weight excluding hydrogens is 442 g/mol. The summed E-state index contributed by atoms with van der Waals surface area (Å²) in [4.78, 5) is 24.7. The van der Waals surface area contributed by atoms with E-state index in [2.05, 4.69) is 10.4 Å². The van der Waals surface area contributed by atoms with Gasteiger partial charge in [0.25, 0.3) is 0 Å². The number of hydrogen-bond acceptors (Lipinski definition) is 6.